The van der Waals surface area contributed by atoms with Crippen molar-refractivity contribution in [3.05, 3.63) is 81.9 Å². The highest BCUT2D eigenvalue weighted by atomic mass is 32.1. The fraction of sp³-hybridized carbons (Fsp3) is 0.150. The number of anilines is 1. The van der Waals surface area contributed by atoms with E-state index in [0.717, 1.165) is 28.0 Å². The number of hydrogen-bond acceptors (Lipinski definition) is 4. The Kier molecular flexibility index (Phi) is 5.22. The molecule has 1 N–H and O–H groups in total. The van der Waals surface area contributed by atoms with Gasteiger partial charge < -0.3 is 5.32 Å². The number of hydrogen-bond donors (Lipinski definition) is 1. The zero-order valence-electron chi connectivity index (χ0n) is 13.8. The normalized spacial score (nSPS) is 10.2. The zero-order chi connectivity index (χ0) is 17.6. The van der Waals surface area contributed by atoms with Gasteiger partial charge in [-0.2, -0.15) is 5.26 Å². The second kappa shape index (κ2) is 7.73. The molecule has 25 heavy (non-hydrogen) atoms. The smallest absolute Gasteiger partial charge is 0.230 e. The monoisotopic (exact) mass is 347 g/mol. The van der Waals surface area contributed by atoms with Gasteiger partial charge in [0.25, 0.3) is 0 Å². The van der Waals surface area contributed by atoms with Crippen LogP contribution in [-0.2, 0) is 17.6 Å². The van der Waals surface area contributed by atoms with Gasteiger partial charge >= 0.3 is 0 Å². The number of nitriles is 1. The third-order valence-electron chi connectivity index (χ3n) is 3.87. The Morgan fingerprint density at radius 1 is 1.20 bits per heavy atom. The Morgan fingerprint density at radius 3 is 2.68 bits per heavy atom. The molecule has 5 heteroatoms. The van der Waals surface area contributed by atoms with Crippen molar-refractivity contribution in [1.29, 1.82) is 5.26 Å². The van der Waals surface area contributed by atoms with Gasteiger partial charge in [-0.15, -0.1) is 11.3 Å². The number of thiazole rings is 1. The summed E-state index contributed by atoms with van der Waals surface area (Å²) in [6, 6.07) is 17.5. The Morgan fingerprint density at radius 2 is 1.96 bits per heavy atom. The lowest BCUT2D eigenvalue weighted by Gasteiger charge is -2.05. The first-order valence-corrected chi connectivity index (χ1v) is 8.74. The summed E-state index contributed by atoms with van der Waals surface area (Å²) in [5, 5.41) is 12.3. The van der Waals surface area contributed by atoms with Crippen LogP contribution in [0.4, 0.5) is 5.13 Å². The van der Waals surface area contributed by atoms with Crippen LogP contribution in [0, 0.1) is 18.3 Å². The van der Waals surface area contributed by atoms with Gasteiger partial charge in [0.15, 0.2) is 5.13 Å². The van der Waals surface area contributed by atoms with E-state index in [1.165, 1.54) is 11.3 Å². The minimum absolute atomic E-state index is 0.0615. The molecule has 0 aliphatic rings. The third kappa shape index (κ3) is 4.52. The largest absolute Gasteiger partial charge is 0.302 e. The van der Waals surface area contributed by atoms with Crippen molar-refractivity contribution in [3.8, 4) is 6.07 Å². The molecular formula is C20H17N3OS. The van der Waals surface area contributed by atoms with Gasteiger partial charge in [0.2, 0.25) is 5.91 Å². The number of nitrogens with zero attached hydrogens (tertiary/aromatic N) is 2. The Bertz CT molecular complexity index is 923. The van der Waals surface area contributed by atoms with Crippen molar-refractivity contribution in [2.24, 2.45) is 0 Å². The van der Waals surface area contributed by atoms with Crippen LogP contribution in [0.3, 0.4) is 0 Å². The molecule has 0 spiro atoms. The lowest BCUT2D eigenvalue weighted by molar-refractivity contribution is -0.115. The number of amides is 1. The van der Waals surface area contributed by atoms with Crippen molar-refractivity contribution < 1.29 is 4.79 Å². The molecule has 0 saturated carbocycles. The van der Waals surface area contributed by atoms with Crippen LogP contribution in [0.2, 0.25) is 0 Å². The van der Waals surface area contributed by atoms with E-state index >= 15 is 0 Å². The highest BCUT2D eigenvalue weighted by molar-refractivity contribution is 7.15. The molecule has 0 atom stereocenters. The van der Waals surface area contributed by atoms with Gasteiger partial charge in [-0.05, 0) is 35.7 Å². The summed E-state index contributed by atoms with van der Waals surface area (Å²) in [7, 11) is 0. The molecule has 1 aromatic heterocycles. The summed E-state index contributed by atoms with van der Waals surface area (Å²) < 4.78 is 0. The van der Waals surface area contributed by atoms with E-state index in [2.05, 4.69) is 16.4 Å². The summed E-state index contributed by atoms with van der Waals surface area (Å²) >= 11 is 1.47. The zero-order valence-corrected chi connectivity index (χ0v) is 14.6. The van der Waals surface area contributed by atoms with Crippen molar-refractivity contribution in [1.82, 2.24) is 4.98 Å². The topological polar surface area (TPSA) is 65.8 Å². The molecule has 124 valence electrons. The molecule has 0 fully saturated rings. The molecule has 0 unspecified atom stereocenters. The van der Waals surface area contributed by atoms with Gasteiger partial charge in [-0.1, -0.05) is 36.4 Å². The van der Waals surface area contributed by atoms with E-state index in [4.69, 9.17) is 5.26 Å². The van der Waals surface area contributed by atoms with Gasteiger partial charge in [0, 0.05) is 17.5 Å². The molecule has 0 saturated heterocycles. The SMILES string of the molecule is Cc1ccccc1CC(=O)Nc1ncc(Cc2ccc(C#N)cc2)s1. The molecule has 0 radical (unpaired) electrons. The number of carbonyl (C=O) groups is 1. The summed E-state index contributed by atoms with van der Waals surface area (Å²) in [5.74, 6) is -0.0615. The number of carbonyl (C=O) groups excluding carboxylic acids is 1. The number of benzene rings is 2. The molecule has 3 aromatic rings. The van der Waals surface area contributed by atoms with E-state index in [1.807, 2.05) is 43.3 Å². The van der Waals surface area contributed by atoms with Gasteiger partial charge in [-0.3, -0.25) is 4.79 Å². The van der Waals surface area contributed by atoms with Crippen LogP contribution in [-0.4, -0.2) is 10.9 Å². The first-order chi connectivity index (χ1) is 12.1. The van der Waals surface area contributed by atoms with Crippen LogP contribution >= 0.6 is 11.3 Å². The number of rotatable bonds is 5. The predicted octanol–water partition coefficient (Wildman–Crippen LogP) is 4.10. The third-order valence-corrected chi connectivity index (χ3v) is 4.79. The van der Waals surface area contributed by atoms with Crippen molar-refractivity contribution >= 4 is 22.4 Å². The van der Waals surface area contributed by atoms with E-state index in [0.29, 0.717) is 17.1 Å². The summed E-state index contributed by atoms with van der Waals surface area (Å²) in [5.41, 5.74) is 3.89. The summed E-state index contributed by atoms with van der Waals surface area (Å²) in [6.07, 6.45) is 2.86. The Balaban J connectivity index is 1.60. The van der Waals surface area contributed by atoms with E-state index < -0.39 is 0 Å². The maximum absolute atomic E-state index is 12.2. The van der Waals surface area contributed by atoms with Gasteiger partial charge in [-0.25, -0.2) is 4.98 Å². The van der Waals surface area contributed by atoms with Crippen LogP contribution in [0.5, 0.6) is 0 Å². The van der Waals surface area contributed by atoms with E-state index in [1.54, 1.807) is 18.3 Å². The average Bonchev–Trinajstić information content (AvgIpc) is 3.04. The molecule has 0 bridgehead atoms. The standard InChI is InChI=1S/C20H17N3OS/c1-14-4-2-3-5-17(14)11-19(24)23-20-22-13-18(25-20)10-15-6-8-16(12-21)9-7-15/h2-9,13H,10-11H2,1H3,(H,22,23,24). The van der Waals surface area contributed by atoms with Crippen LogP contribution in [0.1, 0.15) is 27.1 Å². The quantitative estimate of drug-likeness (QED) is 0.756. The lowest BCUT2D eigenvalue weighted by atomic mass is 10.1. The van der Waals surface area contributed by atoms with Crippen LogP contribution in [0.25, 0.3) is 0 Å². The van der Waals surface area contributed by atoms with Crippen LogP contribution in [0.15, 0.2) is 54.7 Å². The van der Waals surface area contributed by atoms with Gasteiger partial charge in [0.05, 0.1) is 18.1 Å². The first kappa shape index (κ1) is 16.9. The molecular weight excluding hydrogens is 330 g/mol. The van der Waals surface area contributed by atoms with Gasteiger partial charge in [0.1, 0.15) is 0 Å². The molecule has 0 aliphatic carbocycles. The average molecular weight is 347 g/mol. The van der Waals surface area contributed by atoms with E-state index in [9.17, 15) is 4.79 Å². The Hall–Kier alpha value is -2.97. The van der Waals surface area contributed by atoms with Crippen molar-refractivity contribution in [2.75, 3.05) is 5.32 Å². The Labute approximate surface area is 150 Å². The van der Waals surface area contributed by atoms with Crippen LogP contribution < -0.4 is 5.32 Å². The second-order valence-electron chi connectivity index (χ2n) is 5.77. The maximum Gasteiger partial charge on any atom is 0.230 e. The highest BCUT2D eigenvalue weighted by Gasteiger charge is 2.09. The minimum Gasteiger partial charge on any atom is -0.302 e. The molecule has 4 nitrogen and oxygen atoms in total. The van der Waals surface area contributed by atoms with E-state index in [-0.39, 0.29) is 5.91 Å². The minimum atomic E-state index is -0.0615. The first-order valence-electron chi connectivity index (χ1n) is 7.92. The molecule has 0 aliphatic heterocycles. The van der Waals surface area contributed by atoms with Crippen molar-refractivity contribution in [3.63, 3.8) is 0 Å². The summed E-state index contributed by atoms with van der Waals surface area (Å²) in [4.78, 5) is 17.5. The molecule has 1 heterocycles. The lowest BCUT2D eigenvalue weighted by Crippen LogP contribution is -2.14. The number of nitrogens with one attached hydrogen (secondary N) is 1. The molecule has 2 aromatic carbocycles. The molecule has 3 rings (SSSR count). The summed E-state index contributed by atoms with van der Waals surface area (Å²) in [6.45, 7) is 2.00. The second-order valence-corrected chi connectivity index (χ2v) is 6.88. The number of aromatic nitrogens is 1. The fourth-order valence-corrected chi connectivity index (χ4v) is 3.35. The predicted molar refractivity (Wildman–Crippen MR) is 99.6 cm³/mol. The highest BCUT2D eigenvalue weighted by Crippen LogP contribution is 2.22. The molecule has 1 amide bonds. The maximum atomic E-state index is 12.2. The van der Waals surface area contributed by atoms with Crippen molar-refractivity contribution in [2.45, 2.75) is 19.8 Å². The fourth-order valence-electron chi connectivity index (χ4n) is 2.49. The number of aryl methyl sites for hydroxylation is 1.